The van der Waals surface area contributed by atoms with Crippen molar-refractivity contribution >= 4 is 5.69 Å². The first-order chi connectivity index (χ1) is 6.29. The summed E-state index contributed by atoms with van der Waals surface area (Å²) >= 11 is 0. The van der Waals surface area contributed by atoms with Crippen molar-refractivity contribution in [2.45, 2.75) is 25.9 Å². The molecule has 0 heterocycles. The van der Waals surface area contributed by atoms with E-state index >= 15 is 0 Å². The Morgan fingerprint density at radius 3 is 2.77 bits per heavy atom. The fourth-order valence-electron chi connectivity index (χ4n) is 1.31. The van der Waals surface area contributed by atoms with Gasteiger partial charge in [0.2, 0.25) is 0 Å². The maximum Gasteiger partial charge on any atom is 0.142 e. The van der Waals surface area contributed by atoms with Crippen molar-refractivity contribution in [3.63, 3.8) is 0 Å². The number of hydrogen-bond acceptors (Lipinski definition) is 2. The fourth-order valence-corrected chi connectivity index (χ4v) is 1.31. The van der Waals surface area contributed by atoms with E-state index < -0.39 is 0 Å². The second-order valence-electron chi connectivity index (χ2n) is 3.57. The number of hydrogen-bond donors (Lipinski definition) is 1. The highest BCUT2D eigenvalue weighted by molar-refractivity contribution is 5.57. The molecule has 2 nitrogen and oxygen atoms in total. The van der Waals surface area contributed by atoms with Crippen LogP contribution in [0.1, 0.15) is 18.4 Å². The zero-order valence-electron chi connectivity index (χ0n) is 8.13. The van der Waals surface area contributed by atoms with E-state index in [2.05, 4.69) is 24.4 Å². The molecule has 0 unspecified atom stereocenters. The van der Waals surface area contributed by atoms with Gasteiger partial charge in [0.05, 0.1) is 11.8 Å². The molecule has 1 fully saturated rings. The van der Waals surface area contributed by atoms with Crippen LogP contribution in [0.25, 0.3) is 0 Å². The molecule has 70 valence electrons. The Morgan fingerprint density at radius 2 is 2.15 bits per heavy atom. The number of nitrogens with one attached hydrogen (secondary N) is 1. The minimum atomic E-state index is 0.467. The smallest absolute Gasteiger partial charge is 0.142 e. The van der Waals surface area contributed by atoms with Gasteiger partial charge in [-0.3, -0.25) is 0 Å². The van der Waals surface area contributed by atoms with Crippen molar-refractivity contribution in [3.05, 3.63) is 23.8 Å². The second kappa shape index (κ2) is 3.29. The van der Waals surface area contributed by atoms with Gasteiger partial charge in [-0.2, -0.15) is 0 Å². The van der Waals surface area contributed by atoms with Gasteiger partial charge in [-0.25, -0.2) is 0 Å². The van der Waals surface area contributed by atoms with Crippen LogP contribution in [0.3, 0.4) is 0 Å². The van der Waals surface area contributed by atoms with Crippen LogP contribution in [0, 0.1) is 6.92 Å². The SMILES string of the molecule is CNc1cc(C)ccc1OC1CC1. The highest BCUT2D eigenvalue weighted by Gasteiger charge is 2.24. The largest absolute Gasteiger partial charge is 0.488 e. The van der Waals surface area contributed by atoms with Crippen molar-refractivity contribution in [1.29, 1.82) is 0 Å². The Balaban J connectivity index is 2.21. The maximum absolute atomic E-state index is 5.74. The molecule has 0 amide bonds. The summed E-state index contributed by atoms with van der Waals surface area (Å²) in [7, 11) is 1.93. The van der Waals surface area contributed by atoms with Crippen LogP contribution in [0.5, 0.6) is 5.75 Å². The van der Waals surface area contributed by atoms with Crippen molar-refractivity contribution in [1.82, 2.24) is 0 Å². The lowest BCUT2D eigenvalue weighted by atomic mass is 10.2. The topological polar surface area (TPSA) is 21.3 Å². The zero-order valence-corrected chi connectivity index (χ0v) is 8.13. The van der Waals surface area contributed by atoms with E-state index in [0.29, 0.717) is 6.10 Å². The molecule has 0 aromatic heterocycles. The summed E-state index contributed by atoms with van der Waals surface area (Å²) in [5.74, 6) is 0.982. The van der Waals surface area contributed by atoms with Crippen LogP contribution in [0.2, 0.25) is 0 Å². The number of aryl methyl sites for hydroxylation is 1. The first-order valence-electron chi connectivity index (χ1n) is 4.74. The summed E-state index contributed by atoms with van der Waals surface area (Å²) < 4.78 is 5.74. The summed E-state index contributed by atoms with van der Waals surface area (Å²) in [6.45, 7) is 2.09. The molecular weight excluding hydrogens is 162 g/mol. The summed E-state index contributed by atoms with van der Waals surface area (Å²) in [6.07, 6.45) is 2.88. The van der Waals surface area contributed by atoms with E-state index in [-0.39, 0.29) is 0 Å². The van der Waals surface area contributed by atoms with Gasteiger partial charge in [-0.05, 0) is 37.5 Å². The summed E-state index contributed by atoms with van der Waals surface area (Å²) in [4.78, 5) is 0. The van der Waals surface area contributed by atoms with Gasteiger partial charge in [-0.15, -0.1) is 0 Å². The molecule has 1 aliphatic carbocycles. The van der Waals surface area contributed by atoms with Gasteiger partial charge in [0.1, 0.15) is 5.75 Å². The van der Waals surface area contributed by atoms with Gasteiger partial charge < -0.3 is 10.1 Å². The lowest BCUT2D eigenvalue weighted by Gasteiger charge is -2.10. The predicted molar refractivity (Wildman–Crippen MR) is 54.4 cm³/mol. The summed E-state index contributed by atoms with van der Waals surface area (Å²) in [6, 6.07) is 6.23. The van der Waals surface area contributed by atoms with Crippen molar-refractivity contribution in [2.75, 3.05) is 12.4 Å². The zero-order chi connectivity index (χ0) is 9.26. The minimum absolute atomic E-state index is 0.467. The highest BCUT2D eigenvalue weighted by Crippen LogP contribution is 2.32. The lowest BCUT2D eigenvalue weighted by Crippen LogP contribution is -2.00. The number of ether oxygens (including phenoxy) is 1. The fraction of sp³-hybridized carbons (Fsp3) is 0.455. The monoisotopic (exact) mass is 177 g/mol. The molecule has 2 heteroatoms. The first kappa shape index (κ1) is 8.42. The second-order valence-corrected chi connectivity index (χ2v) is 3.57. The molecule has 0 radical (unpaired) electrons. The Labute approximate surface area is 78.9 Å². The van der Waals surface area contributed by atoms with E-state index in [0.717, 1.165) is 11.4 Å². The molecule has 1 saturated carbocycles. The van der Waals surface area contributed by atoms with E-state index in [4.69, 9.17) is 4.74 Å². The number of anilines is 1. The van der Waals surface area contributed by atoms with Crippen LogP contribution in [0.15, 0.2) is 18.2 Å². The van der Waals surface area contributed by atoms with E-state index in [1.807, 2.05) is 13.1 Å². The van der Waals surface area contributed by atoms with Gasteiger partial charge in [-0.1, -0.05) is 6.07 Å². The molecule has 1 aliphatic rings. The molecule has 0 bridgehead atoms. The summed E-state index contributed by atoms with van der Waals surface area (Å²) in [5.41, 5.74) is 2.35. The number of benzene rings is 1. The van der Waals surface area contributed by atoms with Gasteiger partial charge >= 0.3 is 0 Å². The molecule has 1 N–H and O–H groups in total. The minimum Gasteiger partial charge on any atom is -0.488 e. The Kier molecular flexibility index (Phi) is 2.13. The molecular formula is C11H15NO. The molecule has 2 rings (SSSR count). The van der Waals surface area contributed by atoms with Crippen LogP contribution in [0.4, 0.5) is 5.69 Å². The Hall–Kier alpha value is -1.18. The standard InChI is InChI=1S/C11H15NO/c1-8-3-6-11(10(7-8)12-2)13-9-4-5-9/h3,6-7,9,12H,4-5H2,1-2H3. The molecule has 13 heavy (non-hydrogen) atoms. The molecule has 0 aliphatic heterocycles. The number of rotatable bonds is 3. The van der Waals surface area contributed by atoms with Gasteiger partial charge in [0.25, 0.3) is 0 Å². The Bertz CT molecular complexity index is 305. The molecule has 1 aromatic carbocycles. The highest BCUT2D eigenvalue weighted by atomic mass is 16.5. The third-order valence-electron chi connectivity index (χ3n) is 2.22. The third-order valence-corrected chi connectivity index (χ3v) is 2.22. The van der Waals surface area contributed by atoms with Crippen LogP contribution in [-0.2, 0) is 0 Å². The molecule has 1 aromatic rings. The lowest BCUT2D eigenvalue weighted by molar-refractivity contribution is 0.304. The van der Waals surface area contributed by atoms with Crippen molar-refractivity contribution in [3.8, 4) is 5.75 Å². The van der Waals surface area contributed by atoms with Crippen molar-refractivity contribution in [2.24, 2.45) is 0 Å². The van der Waals surface area contributed by atoms with Gasteiger partial charge in [0.15, 0.2) is 0 Å². The normalized spacial score (nSPS) is 15.5. The first-order valence-corrected chi connectivity index (χ1v) is 4.74. The van der Waals surface area contributed by atoms with E-state index in [1.165, 1.54) is 18.4 Å². The van der Waals surface area contributed by atoms with Crippen LogP contribution in [-0.4, -0.2) is 13.2 Å². The Morgan fingerprint density at radius 1 is 1.38 bits per heavy atom. The van der Waals surface area contributed by atoms with Crippen LogP contribution < -0.4 is 10.1 Å². The van der Waals surface area contributed by atoms with Gasteiger partial charge in [0, 0.05) is 7.05 Å². The van der Waals surface area contributed by atoms with E-state index in [1.54, 1.807) is 0 Å². The van der Waals surface area contributed by atoms with Crippen LogP contribution >= 0.6 is 0 Å². The average Bonchev–Trinajstić information content (AvgIpc) is 2.92. The quantitative estimate of drug-likeness (QED) is 0.766. The maximum atomic E-state index is 5.74. The summed E-state index contributed by atoms with van der Waals surface area (Å²) in [5, 5.41) is 3.14. The molecule has 0 spiro atoms. The van der Waals surface area contributed by atoms with E-state index in [9.17, 15) is 0 Å². The third kappa shape index (κ3) is 1.94. The molecule has 0 saturated heterocycles. The molecule has 0 atom stereocenters. The average molecular weight is 177 g/mol. The predicted octanol–water partition coefficient (Wildman–Crippen LogP) is 2.58. The van der Waals surface area contributed by atoms with Crippen molar-refractivity contribution < 1.29 is 4.74 Å².